The van der Waals surface area contributed by atoms with E-state index in [1.54, 1.807) is 14.2 Å². The molecule has 1 unspecified atom stereocenters. The second-order valence-corrected chi connectivity index (χ2v) is 7.53. The molecule has 5 nitrogen and oxygen atoms in total. The maximum atomic E-state index is 12.4. The normalized spacial score (nSPS) is 11.7. The number of aromatic nitrogens is 1. The first kappa shape index (κ1) is 20.2. The molecule has 1 aromatic heterocycles. The zero-order chi connectivity index (χ0) is 20.1. The minimum Gasteiger partial charge on any atom is -0.493 e. The molecule has 3 rings (SSSR count). The van der Waals surface area contributed by atoms with Gasteiger partial charge in [-0.05, 0) is 42.8 Å². The fraction of sp³-hybridized carbons (Fsp3) is 0.238. The average molecular weight is 417 g/mol. The van der Waals surface area contributed by atoms with Crippen molar-refractivity contribution in [1.29, 1.82) is 0 Å². The van der Waals surface area contributed by atoms with Gasteiger partial charge in [-0.25, -0.2) is 4.98 Å². The number of nitrogens with zero attached hydrogens (tertiary/aromatic N) is 1. The summed E-state index contributed by atoms with van der Waals surface area (Å²) in [5, 5.41) is 6.40. The molecule has 7 heteroatoms. The number of benzene rings is 2. The van der Waals surface area contributed by atoms with Crippen LogP contribution in [-0.4, -0.2) is 25.1 Å². The fourth-order valence-electron chi connectivity index (χ4n) is 2.78. The van der Waals surface area contributed by atoms with Crippen molar-refractivity contribution in [3.63, 3.8) is 0 Å². The van der Waals surface area contributed by atoms with Crippen molar-refractivity contribution < 1.29 is 14.3 Å². The lowest BCUT2D eigenvalue weighted by molar-refractivity contribution is -0.121. The number of amides is 1. The molecule has 0 fully saturated rings. The summed E-state index contributed by atoms with van der Waals surface area (Å²) in [6, 6.07) is 13.0. The van der Waals surface area contributed by atoms with E-state index in [1.807, 2.05) is 54.8 Å². The Morgan fingerprint density at radius 3 is 2.54 bits per heavy atom. The van der Waals surface area contributed by atoms with Crippen molar-refractivity contribution in [2.45, 2.75) is 19.4 Å². The predicted octanol–water partition coefficient (Wildman–Crippen LogP) is 4.90. The van der Waals surface area contributed by atoms with Crippen LogP contribution in [0.25, 0.3) is 10.6 Å². The number of hydrogen-bond acceptors (Lipinski definition) is 5. The average Bonchev–Trinajstić information content (AvgIpc) is 3.16. The summed E-state index contributed by atoms with van der Waals surface area (Å²) in [6.07, 6.45) is 0.224. The highest BCUT2D eigenvalue weighted by molar-refractivity contribution is 7.13. The number of hydrogen-bond donors (Lipinski definition) is 1. The maximum absolute atomic E-state index is 12.4. The molecular weight excluding hydrogens is 396 g/mol. The monoisotopic (exact) mass is 416 g/mol. The summed E-state index contributed by atoms with van der Waals surface area (Å²) < 4.78 is 10.6. The minimum atomic E-state index is -0.103. The molecule has 0 saturated carbocycles. The molecule has 0 spiro atoms. The molecule has 2 aromatic carbocycles. The van der Waals surface area contributed by atoms with Crippen molar-refractivity contribution in [3.05, 3.63) is 64.1 Å². The van der Waals surface area contributed by atoms with Gasteiger partial charge in [0.25, 0.3) is 0 Å². The molecule has 3 aromatic rings. The van der Waals surface area contributed by atoms with E-state index in [9.17, 15) is 4.79 Å². The number of rotatable bonds is 7. The van der Waals surface area contributed by atoms with Gasteiger partial charge >= 0.3 is 0 Å². The van der Waals surface area contributed by atoms with Crippen molar-refractivity contribution in [3.8, 4) is 22.1 Å². The first-order valence-electron chi connectivity index (χ1n) is 8.71. The van der Waals surface area contributed by atoms with Crippen LogP contribution in [0.2, 0.25) is 5.02 Å². The van der Waals surface area contributed by atoms with Gasteiger partial charge in [-0.15, -0.1) is 11.3 Å². The Labute approximate surface area is 173 Å². The molecule has 1 heterocycles. The van der Waals surface area contributed by atoms with Crippen LogP contribution in [0.5, 0.6) is 11.5 Å². The summed E-state index contributed by atoms with van der Waals surface area (Å²) in [7, 11) is 3.20. The fourth-order valence-corrected chi connectivity index (χ4v) is 3.72. The number of thiazole rings is 1. The van der Waals surface area contributed by atoms with Crippen LogP contribution in [0.15, 0.2) is 47.8 Å². The standard InChI is InChI=1S/C21H21ClN2O3S/c1-13(14-4-7-16(22)8-5-14)23-20(25)11-17-12-28-21(24-17)15-6-9-18(26-2)19(10-15)27-3/h4-10,12-13H,11H2,1-3H3,(H,23,25). The summed E-state index contributed by atoms with van der Waals surface area (Å²) in [4.78, 5) is 17.0. The topological polar surface area (TPSA) is 60.5 Å². The van der Waals surface area contributed by atoms with E-state index >= 15 is 0 Å². The number of nitrogens with one attached hydrogen (secondary N) is 1. The van der Waals surface area contributed by atoms with Crippen molar-refractivity contribution in [2.75, 3.05) is 14.2 Å². The summed E-state index contributed by atoms with van der Waals surface area (Å²) in [5.41, 5.74) is 2.65. The molecule has 28 heavy (non-hydrogen) atoms. The molecule has 0 saturated heterocycles. The highest BCUT2D eigenvalue weighted by atomic mass is 35.5. The van der Waals surface area contributed by atoms with E-state index in [0.29, 0.717) is 16.5 Å². The third-order valence-electron chi connectivity index (χ3n) is 4.27. The summed E-state index contributed by atoms with van der Waals surface area (Å²) in [5.74, 6) is 1.23. The molecule has 0 aliphatic rings. The van der Waals surface area contributed by atoms with Gasteiger partial charge in [-0.3, -0.25) is 4.79 Å². The van der Waals surface area contributed by atoms with E-state index in [-0.39, 0.29) is 18.4 Å². The second-order valence-electron chi connectivity index (χ2n) is 6.23. The minimum absolute atomic E-state index is 0.0772. The molecule has 1 N–H and O–H groups in total. The molecular formula is C21H21ClN2O3S. The molecule has 146 valence electrons. The molecule has 1 atom stereocenters. The molecule has 1 amide bonds. The van der Waals surface area contributed by atoms with Gasteiger partial charge in [0.1, 0.15) is 5.01 Å². The third-order valence-corrected chi connectivity index (χ3v) is 5.46. The Morgan fingerprint density at radius 1 is 1.14 bits per heavy atom. The Kier molecular flexibility index (Phi) is 6.54. The SMILES string of the molecule is COc1ccc(-c2nc(CC(=O)NC(C)c3ccc(Cl)cc3)cs2)cc1OC. The van der Waals surface area contributed by atoms with Crippen LogP contribution in [0.1, 0.15) is 24.2 Å². The second kappa shape index (κ2) is 9.08. The van der Waals surface area contributed by atoms with Crippen LogP contribution in [0.3, 0.4) is 0 Å². The lowest BCUT2D eigenvalue weighted by Gasteiger charge is -2.14. The maximum Gasteiger partial charge on any atom is 0.226 e. The summed E-state index contributed by atoms with van der Waals surface area (Å²) >= 11 is 7.40. The number of carbonyl (C=O) groups excluding carboxylic acids is 1. The first-order chi connectivity index (χ1) is 13.5. The van der Waals surface area contributed by atoms with E-state index in [0.717, 1.165) is 21.8 Å². The van der Waals surface area contributed by atoms with Gasteiger partial charge in [-0.2, -0.15) is 0 Å². The third kappa shape index (κ3) is 4.82. The van der Waals surface area contributed by atoms with Gasteiger partial charge in [0.05, 0.1) is 32.4 Å². The Balaban J connectivity index is 1.65. The van der Waals surface area contributed by atoms with Crippen molar-refractivity contribution >= 4 is 28.8 Å². The number of carbonyl (C=O) groups is 1. The Hall–Kier alpha value is -2.57. The van der Waals surface area contributed by atoms with Crippen LogP contribution >= 0.6 is 22.9 Å². The number of ether oxygens (including phenoxy) is 2. The Morgan fingerprint density at radius 2 is 1.86 bits per heavy atom. The van der Waals surface area contributed by atoms with Gasteiger partial charge in [0.15, 0.2) is 11.5 Å². The summed E-state index contributed by atoms with van der Waals surface area (Å²) in [6.45, 7) is 1.94. The predicted molar refractivity (Wildman–Crippen MR) is 112 cm³/mol. The quantitative estimate of drug-likeness (QED) is 0.595. The smallest absolute Gasteiger partial charge is 0.226 e. The van der Waals surface area contributed by atoms with Gasteiger partial charge in [0, 0.05) is 16.0 Å². The van der Waals surface area contributed by atoms with E-state index < -0.39 is 0 Å². The van der Waals surface area contributed by atoms with Crippen molar-refractivity contribution in [2.24, 2.45) is 0 Å². The zero-order valence-corrected chi connectivity index (χ0v) is 17.4. The van der Waals surface area contributed by atoms with E-state index in [4.69, 9.17) is 21.1 Å². The Bertz CT molecular complexity index is 957. The zero-order valence-electron chi connectivity index (χ0n) is 15.9. The van der Waals surface area contributed by atoms with Crippen LogP contribution in [-0.2, 0) is 11.2 Å². The molecule has 0 radical (unpaired) electrons. The van der Waals surface area contributed by atoms with Gasteiger partial charge < -0.3 is 14.8 Å². The van der Waals surface area contributed by atoms with Gasteiger partial charge in [-0.1, -0.05) is 23.7 Å². The van der Waals surface area contributed by atoms with Crippen molar-refractivity contribution in [1.82, 2.24) is 10.3 Å². The van der Waals surface area contributed by atoms with E-state index in [1.165, 1.54) is 11.3 Å². The number of methoxy groups -OCH3 is 2. The van der Waals surface area contributed by atoms with Crippen LogP contribution in [0.4, 0.5) is 0 Å². The highest BCUT2D eigenvalue weighted by Crippen LogP contribution is 2.33. The van der Waals surface area contributed by atoms with Crippen LogP contribution < -0.4 is 14.8 Å². The first-order valence-corrected chi connectivity index (χ1v) is 9.97. The molecule has 0 aliphatic carbocycles. The van der Waals surface area contributed by atoms with Crippen LogP contribution in [0, 0.1) is 0 Å². The number of halogens is 1. The van der Waals surface area contributed by atoms with E-state index in [2.05, 4.69) is 10.3 Å². The highest BCUT2D eigenvalue weighted by Gasteiger charge is 2.14. The lowest BCUT2D eigenvalue weighted by Crippen LogP contribution is -2.28. The largest absolute Gasteiger partial charge is 0.493 e. The molecule has 0 bridgehead atoms. The van der Waals surface area contributed by atoms with Gasteiger partial charge in [0.2, 0.25) is 5.91 Å². The lowest BCUT2D eigenvalue weighted by atomic mass is 10.1. The molecule has 0 aliphatic heterocycles.